The standard InChI is InChI=1S/C18H30N4O/c1-20-7-5-15(6-8-20)14-21-9-11-22(12-10-21)16-3-4-17(19)18(13-16)23-2/h3-4,13,15H,5-12,14,19H2,1-2H3. The van der Waals surface area contributed by atoms with Gasteiger partial charge in [-0.15, -0.1) is 0 Å². The van der Waals surface area contributed by atoms with Crippen molar-refractivity contribution in [3.05, 3.63) is 18.2 Å². The second kappa shape index (κ2) is 7.41. The van der Waals surface area contributed by atoms with E-state index in [2.05, 4.69) is 33.9 Å². The molecule has 2 heterocycles. The van der Waals surface area contributed by atoms with Crippen LogP contribution in [0.25, 0.3) is 0 Å². The molecule has 0 spiro atoms. The Balaban J connectivity index is 1.50. The molecule has 0 aliphatic carbocycles. The van der Waals surface area contributed by atoms with Gasteiger partial charge in [0.05, 0.1) is 12.8 Å². The number of hydrogen-bond acceptors (Lipinski definition) is 5. The topological polar surface area (TPSA) is 45.0 Å². The number of rotatable bonds is 4. The highest BCUT2D eigenvalue weighted by Crippen LogP contribution is 2.28. The number of benzene rings is 1. The number of methoxy groups -OCH3 is 1. The number of piperazine rings is 1. The van der Waals surface area contributed by atoms with Crippen LogP contribution in [0, 0.1) is 5.92 Å². The average Bonchev–Trinajstić information content (AvgIpc) is 2.58. The maximum atomic E-state index is 5.91. The van der Waals surface area contributed by atoms with E-state index in [9.17, 15) is 0 Å². The normalized spacial score (nSPS) is 21.6. The fourth-order valence-corrected chi connectivity index (χ4v) is 3.69. The summed E-state index contributed by atoms with van der Waals surface area (Å²) in [5.41, 5.74) is 7.83. The van der Waals surface area contributed by atoms with E-state index in [0.717, 1.165) is 37.8 Å². The second-order valence-electron chi connectivity index (χ2n) is 6.96. The molecule has 2 aliphatic rings. The molecule has 2 fully saturated rings. The molecule has 23 heavy (non-hydrogen) atoms. The first-order chi connectivity index (χ1) is 11.2. The van der Waals surface area contributed by atoms with Gasteiger partial charge < -0.3 is 20.3 Å². The van der Waals surface area contributed by atoms with Crippen LogP contribution in [-0.4, -0.2) is 69.8 Å². The fourth-order valence-electron chi connectivity index (χ4n) is 3.69. The summed E-state index contributed by atoms with van der Waals surface area (Å²) in [5, 5.41) is 0. The quantitative estimate of drug-likeness (QED) is 0.857. The first kappa shape index (κ1) is 16.4. The molecule has 0 bridgehead atoms. The molecule has 5 nitrogen and oxygen atoms in total. The highest BCUT2D eigenvalue weighted by molar-refractivity contribution is 5.62. The van der Waals surface area contributed by atoms with Crippen LogP contribution in [0.3, 0.4) is 0 Å². The lowest BCUT2D eigenvalue weighted by atomic mass is 9.96. The van der Waals surface area contributed by atoms with Crippen LogP contribution in [0.5, 0.6) is 5.75 Å². The average molecular weight is 318 g/mol. The Morgan fingerprint density at radius 3 is 2.43 bits per heavy atom. The molecule has 1 aromatic carbocycles. The van der Waals surface area contributed by atoms with Crippen LogP contribution in [-0.2, 0) is 0 Å². The van der Waals surface area contributed by atoms with E-state index in [1.807, 2.05) is 6.07 Å². The van der Waals surface area contributed by atoms with Gasteiger partial charge in [0.15, 0.2) is 0 Å². The number of nitrogens with zero attached hydrogens (tertiary/aromatic N) is 3. The minimum Gasteiger partial charge on any atom is -0.495 e. The Kier molecular flexibility index (Phi) is 5.28. The van der Waals surface area contributed by atoms with E-state index < -0.39 is 0 Å². The van der Waals surface area contributed by atoms with Crippen molar-refractivity contribution >= 4 is 11.4 Å². The van der Waals surface area contributed by atoms with E-state index in [-0.39, 0.29) is 0 Å². The summed E-state index contributed by atoms with van der Waals surface area (Å²) in [4.78, 5) is 7.52. The van der Waals surface area contributed by atoms with Crippen molar-refractivity contribution in [2.75, 3.05) is 70.6 Å². The van der Waals surface area contributed by atoms with Gasteiger partial charge >= 0.3 is 0 Å². The number of likely N-dealkylation sites (tertiary alicyclic amines) is 1. The van der Waals surface area contributed by atoms with Gasteiger partial charge in [-0.25, -0.2) is 0 Å². The number of nitrogens with two attached hydrogens (primary N) is 1. The van der Waals surface area contributed by atoms with Crippen LogP contribution in [0.15, 0.2) is 18.2 Å². The lowest BCUT2D eigenvalue weighted by Crippen LogP contribution is -2.48. The molecule has 128 valence electrons. The molecule has 0 saturated carbocycles. The van der Waals surface area contributed by atoms with Crippen molar-refractivity contribution in [1.82, 2.24) is 9.80 Å². The number of hydrogen-bond donors (Lipinski definition) is 1. The van der Waals surface area contributed by atoms with Crippen molar-refractivity contribution in [1.29, 1.82) is 0 Å². The summed E-state index contributed by atoms with van der Waals surface area (Å²) in [6.07, 6.45) is 2.71. The zero-order valence-electron chi connectivity index (χ0n) is 14.5. The van der Waals surface area contributed by atoms with Crippen LogP contribution in [0.4, 0.5) is 11.4 Å². The summed E-state index contributed by atoms with van der Waals surface area (Å²) in [6.45, 7) is 8.26. The molecule has 0 aromatic heterocycles. The Hall–Kier alpha value is -1.46. The first-order valence-corrected chi connectivity index (χ1v) is 8.75. The molecule has 2 saturated heterocycles. The summed E-state index contributed by atoms with van der Waals surface area (Å²) >= 11 is 0. The Bertz CT molecular complexity index is 506. The Morgan fingerprint density at radius 1 is 1.09 bits per heavy atom. The zero-order chi connectivity index (χ0) is 16.2. The third kappa shape index (κ3) is 4.09. The predicted octanol–water partition coefficient (Wildman–Crippen LogP) is 1.74. The Morgan fingerprint density at radius 2 is 1.78 bits per heavy atom. The lowest BCUT2D eigenvalue weighted by Gasteiger charge is -2.39. The van der Waals surface area contributed by atoms with Gasteiger partial charge in [0, 0.05) is 44.5 Å². The molecule has 2 aliphatic heterocycles. The zero-order valence-corrected chi connectivity index (χ0v) is 14.5. The smallest absolute Gasteiger partial charge is 0.143 e. The summed E-state index contributed by atoms with van der Waals surface area (Å²) in [5.74, 6) is 1.66. The van der Waals surface area contributed by atoms with Gasteiger partial charge in [-0.05, 0) is 51.0 Å². The Labute approximate surface area is 140 Å². The summed E-state index contributed by atoms with van der Waals surface area (Å²) < 4.78 is 5.34. The third-order valence-electron chi connectivity index (χ3n) is 5.31. The van der Waals surface area contributed by atoms with Gasteiger partial charge in [-0.3, -0.25) is 4.90 Å². The molecular formula is C18H30N4O. The van der Waals surface area contributed by atoms with Crippen LogP contribution in [0.2, 0.25) is 0 Å². The van der Waals surface area contributed by atoms with E-state index >= 15 is 0 Å². The van der Waals surface area contributed by atoms with Crippen molar-refractivity contribution in [3.8, 4) is 5.75 Å². The number of anilines is 2. The van der Waals surface area contributed by atoms with Gasteiger partial charge in [-0.1, -0.05) is 0 Å². The van der Waals surface area contributed by atoms with E-state index in [0.29, 0.717) is 5.69 Å². The summed E-state index contributed by atoms with van der Waals surface area (Å²) in [7, 11) is 3.91. The minimum atomic E-state index is 0.706. The van der Waals surface area contributed by atoms with Gasteiger partial charge in [0.25, 0.3) is 0 Å². The molecule has 1 aromatic rings. The maximum absolute atomic E-state index is 5.91. The third-order valence-corrected chi connectivity index (χ3v) is 5.31. The number of ether oxygens (including phenoxy) is 1. The molecule has 0 amide bonds. The molecule has 0 atom stereocenters. The van der Waals surface area contributed by atoms with Crippen LogP contribution >= 0.6 is 0 Å². The highest BCUT2D eigenvalue weighted by Gasteiger charge is 2.23. The van der Waals surface area contributed by atoms with Gasteiger partial charge in [0.2, 0.25) is 0 Å². The van der Waals surface area contributed by atoms with E-state index in [1.54, 1.807) is 7.11 Å². The predicted molar refractivity (Wildman–Crippen MR) is 96.3 cm³/mol. The van der Waals surface area contributed by atoms with Crippen LogP contribution in [0.1, 0.15) is 12.8 Å². The highest BCUT2D eigenvalue weighted by atomic mass is 16.5. The van der Waals surface area contributed by atoms with Crippen molar-refractivity contribution in [2.24, 2.45) is 5.92 Å². The van der Waals surface area contributed by atoms with Crippen molar-refractivity contribution in [2.45, 2.75) is 12.8 Å². The first-order valence-electron chi connectivity index (χ1n) is 8.75. The van der Waals surface area contributed by atoms with Crippen LogP contribution < -0.4 is 15.4 Å². The van der Waals surface area contributed by atoms with Crippen molar-refractivity contribution in [3.63, 3.8) is 0 Å². The molecule has 0 unspecified atom stereocenters. The fraction of sp³-hybridized carbons (Fsp3) is 0.667. The summed E-state index contributed by atoms with van der Waals surface area (Å²) in [6, 6.07) is 6.10. The van der Waals surface area contributed by atoms with Gasteiger partial charge in [0.1, 0.15) is 5.75 Å². The molecule has 0 radical (unpaired) electrons. The minimum absolute atomic E-state index is 0.706. The second-order valence-corrected chi connectivity index (χ2v) is 6.96. The number of nitrogen functional groups attached to an aromatic ring is 1. The van der Waals surface area contributed by atoms with E-state index in [4.69, 9.17) is 10.5 Å². The number of piperidine rings is 1. The maximum Gasteiger partial charge on any atom is 0.143 e. The SMILES string of the molecule is COc1cc(N2CCN(CC3CCN(C)CC3)CC2)ccc1N. The van der Waals surface area contributed by atoms with Gasteiger partial charge in [-0.2, -0.15) is 0 Å². The largest absolute Gasteiger partial charge is 0.495 e. The molecule has 5 heteroatoms. The lowest BCUT2D eigenvalue weighted by molar-refractivity contribution is 0.155. The molecule has 3 rings (SSSR count). The molecular weight excluding hydrogens is 288 g/mol. The van der Waals surface area contributed by atoms with Crippen molar-refractivity contribution < 1.29 is 4.74 Å². The van der Waals surface area contributed by atoms with E-state index in [1.165, 1.54) is 38.2 Å². The molecule has 2 N–H and O–H groups in total. The monoisotopic (exact) mass is 318 g/mol.